The number of esters is 1. The van der Waals surface area contributed by atoms with Crippen molar-refractivity contribution in [1.82, 2.24) is 4.90 Å². The summed E-state index contributed by atoms with van der Waals surface area (Å²) in [7, 11) is 0. The van der Waals surface area contributed by atoms with Gasteiger partial charge in [-0.25, -0.2) is 0 Å². The van der Waals surface area contributed by atoms with E-state index in [1.54, 1.807) is 6.26 Å². The Balaban J connectivity index is 1.84. The molecule has 0 aliphatic carbocycles. The minimum atomic E-state index is -0.157. The van der Waals surface area contributed by atoms with Crippen LogP contribution in [0.3, 0.4) is 0 Å². The van der Waals surface area contributed by atoms with Crippen LogP contribution >= 0.6 is 11.8 Å². The smallest absolute Gasteiger partial charge is 0.309 e. The molecule has 6 heteroatoms. The van der Waals surface area contributed by atoms with Gasteiger partial charge in [-0.3, -0.25) is 9.59 Å². The van der Waals surface area contributed by atoms with Gasteiger partial charge in [-0.1, -0.05) is 0 Å². The van der Waals surface area contributed by atoms with E-state index in [1.807, 2.05) is 31.7 Å². The number of hydrogen-bond donors (Lipinski definition) is 0. The molecule has 0 radical (unpaired) electrons. The molecule has 0 spiro atoms. The van der Waals surface area contributed by atoms with Crippen molar-refractivity contribution in [3.63, 3.8) is 0 Å². The highest BCUT2D eigenvalue weighted by atomic mass is 32.2. The quantitative estimate of drug-likeness (QED) is 0.615. The minimum absolute atomic E-state index is 0.0666. The minimum Gasteiger partial charge on any atom is -0.468 e. The summed E-state index contributed by atoms with van der Waals surface area (Å²) in [5, 5.41) is -0.157. The lowest BCUT2D eigenvalue weighted by molar-refractivity contribution is -0.151. The van der Waals surface area contributed by atoms with E-state index in [0.717, 1.165) is 10.7 Å². The van der Waals surface area contributed by atoms with Gasteiger partial charge in [-0.05, 0) is 39.7 Å². The van der Waals surface area contributed by atoms with Crippen molar-refractivity contribution in [2.75, 3.05) is 19.7 Å². The Morgan fingerprint density at radius 2 is 2.14 bits per heavy atom. The predicted molar refractivity (Wildman–Crippen MR) is 84.7 cm³/mol. The van der Waals surface area contributed by atoms with E-state index < -0.39 is 0 Å². The fraction of sp³-hybridized carbons (Fsp3) is 0.625. The van der Waals surface area contributed by atoms with Gasteiger partial charge in [-0.15, -0.1) is 11.8 Å². The second-order valence-corrected chi connectivity index (χ2v) is 6.84. The van der Waals surface area contributed by atoms with Gasteiger partial charge in [0.25, 0.3) is 0 Å². The number of amides is 1. The molecule has 0 saturated carbocycles. The predicted octanol–water partition coefficient (Wildman–Crippen LogP) is 2.87. The Morgan fingerprint density at radius 1 is 1.45 bits per heavy atom. The van der Waals surface area contributed by atoms with Crippen LogP contribution in [0.5, 0.6) is 0 Å². The maximum atomic E-state index is 12.5. The second-order valence-electron chi connectivity index (χ2n) is 5.45. The molecule has 122 valence electrons. The maximum absolute atomic E-state index is 12.5. The van der Waals surface area contributed by atoms with Crippen molar-refractivity contribution in [3.8, 4) is 0 Å². The molecular formula is C16H23NO4S. The van der Waals surface area contributed by atoms with Gasteiger partial charge in [0.15, 0.2) is 0 Å². The highest BCUT2D eigenvalue weighted by Crippen LogP contribution is 2.29. The molecule has 1 aliphatic rings. The van der Waals surface area contributed by atoms with Crippen LogP contribution in [0.2, 0.25) is 0 Å². The van der Waals surface area contributed by atoms with Gasteiger partial charge >= 0.3 is 5.97 Å². The van der Waals surface area contributed by atoms with E-state index in [1.165, 1.54) is 11.8 Å². The maximum Gasteiger partial charge on any atom is 0.309 e. The average molecular weight is 325 g/mol. The van der Waals surface area contributed by atoms with Crippen LogP contribution in [0.25, 0.3) is 0 Å². The molecule has 0 unspecified atom stereocenters. The van der Waals surface area contributed by atoms with Crippen molar-refractivity contribution >= 4 is 23.6 Å². The van der Waals surface area contributed by atoms with Crippen LogP contribution in [-0.2, 0) is 14.3 Å². The summed E-state index contributed by atoms with van der Waals surface area (Å²) in [6, 6.07) is 1.89. The fourth-order valence-corrected chi connectivity index (χ4v) is 3.57. The summed E-state index contributed by atoms with van der Waals surface area (Å²) in [6.45, 7) is 7.28. The molecule has 0 aromatic carbocycles. The topological polar surface area (TPSA) is 59.8 Å². The molecule has 2 heterocycles. The Labute approximate surface area is 135 Å². The van der Waals surface area contributed by atoms with E-state index in [-0.39, 0.29) is 23.0 Å². The van der Waals surface area contributed by atoms with Gasteiger partial charge in [0.1, 0.15) is 5.76 Å². The molecule has 1 amide bonds. The number of rotatable bonds is 5. The summed E-state index contributed by atoms with van der Waals surface area (Å²) >= 11 is 1.52. The summed E-state index contributed by atoms with van der Waals surface area (Å²) in [5.41, 5.74) is 0. The zero-order valence-electron chi connectivity index (χ0n) is 13.3. The first-order chi connectivity index (χ1) is 10.5. The second kappa shape index (κ2) is 7.72. The van der Waals surface area contributed by atoms with E-state index in [0.29, 0.717) is 32.5 Å². The SMILES string of the molecule is CCOC(=O)C1CCN(C(=O)[C@@H](C)Sc2ccoc2C)CC1. The first-order valence-corrected chi connectivity index (χ1v) is 8.57. The van der Waals surface area contributed by atoms with Gasteiger partial charge in [0.05, 0.1) is 24.0 Å². The number of hydrogen-bond acceptors (Lipinski definition) is 5. The number of likely N-dealkylation sites (tertiary alicyclic amines) is 1. The Hall–Kier alpha value is -1.43. The molecule has 1 atom stereocenters. The molecule has 5 nitrogen and oxygen atoms in total. The molecule has 0 bridgehead atoms. The third-order valence-corrected chi connectivity index (χ3v) is 5.12. The first-order valence-electron chi connectivity index (χ1n) is 7.69. The lowest BCUT2D eigenvalue weighted by Crippen LogP contribution is -2.43. The monoisotopic (exact) mass is 325 g/mol. The van der Waals surface area contributed by atoms with Crippen LogP contribution in [0.15, 0.2) is 21.6 Å². The molecule has 1 saturated heterocycles. The van der Waals surface area contributed by atoms with Crippen LogP contribution < -0.4 is 0 Å². The van der Waals surface area contributed by atoms with E-state index in [4.69, 9.17) is 9.15 Å². The molecular weight excluding hydrogens is 302 g/mol. The van der Waals surface area contributed by atoms with Crippen molar-refractivity contribution in [2.24, 2.45) is 5.92 Å². The number of carbonyl (C=O) groups excluding carboxylic acids is 2. The molecule has 0 N–H and O–H groups in total. The molecule has 1 aromatic heterocycles. The highest BCUT2D eigenvalue weighted by molar-refractivity contribution is 8.00. The fourth-order valence-electron chi connectivity index (χ4n) is 2.59. The van der Waals surface area contributed by atoms with Crippen molar-refractivity contribution in [2.45, 2.75) is 43.8 Å². The van der Waals surface area contributed by atoms with Crippen LogP contribution in [0.1, 0.15) is 32.4 Å². The number of carbonyl (C=O) groups is 2. The van der Waals surface area contributed by atoms with Crippen molar-refractivity contribution < 1.29 is 18.7 Å². The van der Waals surface area contributed by atoms with Gasteiger partial charge in [0, 0.05) is 18.0 Å². The van der Waals surface area contributed by atoms with E-state index in [2.05, 4.69) is 0 Å². The Morgan fingerprint density at radius 3 is 2.68 bits per heavy atom. The number of aryl methyl sites for hydroxylation is 1. The largest absolute Gasteiger partial charge is 0.468 e. The van der Waals surface area contributed by atoms with Crippen LogP contribution in [0.4, 0.5) is 0 Å². The van der Waals surface area contributed by atoms with Crippen molar-refractivity contribution in [1.29, 1.82) is 0 Å². The van der Waals surface area contributed by atoms with E-state index in [9.17, 15) is 9.59 Å². The lowest BCUT2D eigenvalue weighted by atomic mass is 9.97. The number of thioether (sulfide) groups is 1. The summed E-state index contributed by atoms with van der Waals surface area (Å²) in [6.07, 6.45) is 3.01. The normalized spacial score (nSPS) is 17.3. The molecule has 1 aromatic rings. The summed E-state index contributed by atoms with van der Waals surface area (Å²) in [5.74, 6) is 0.757. The third-order valence-electron chi connectivity index (χ3n) is 3.89. The summed E-state index contributed by atoms with van der Waals surface area (Å²) < 4.78 is 10.3. The highest BCUT2D eigenvalue weighted by Gasteiger charge is 2.30. The number of ether oxygens (including phenoxy) is 1. The number of nitrogens with zero attached hydrogens (tertiary/aromatic N) is 1. The average Bonchev–Trinajstić information content (AvgIpc) is 2.92. The molecule has 2 rings (SSSR count). The first kappa shape index (κ1) is 16.9. The zero-order valence-corrected chi connectivity index (χ0v) is 14.1. The van der Waals surface area contributed by atoms with E-state index >= 15 is 0 Å². The Bertz CT molecular complexity index is 520. The van der Waals surface area contributed by atoms with Crippen LogP contribution in [-0.4, -0.2) is 41.7 Å². The van der Waals surface area contributed by atoms with Gasteiger partial charge in [-0.2, -0.15) is 0 Å². The molecule has 22 heavy (non-hydrogen) atoms. The number of furan rings is 1. The van der Waals surface area contributed by atoms with Crippen molar-refractivity contribution in [3.05, 3.63) is 18.1 Å². The third kappa shape index (κ3) is 4.06. The van der Waals surface area contributed by atoms with Gasteiger partial charge < -0.3 is 14.1 Å². The zero-order chi connectivity index (χ0) is 16.1. The standard InChI is InChI=1S/C16H23NO4S/c1-4-20-16(19)13-5-8-17(9-6-13)15(18)12(3)22-14-7-10-21-11(14)2/h7,10,12-13H,4-6,8-9H2,1-3H3/t12-/m1/s1. The Kier molecular flexibility index (Phi) is 5.94. The molecule has 1 fully saturated rings. The summed E-state index contributed by atoms with van der Waals surface area (Å²) in [4.78, 5) is 27.1. The lowest BCUT2D eigenvalue weighted by Gasteiger charge is -2.32. The van der Waals surface area contributed by atoms with Gasteiger partial charge in [0.2, 0.25) is 5.91 Å². The number of piperidine rings is 1. The van der Waals surface area contributed by atoms with Crippen LogP contribution in [0, 0.1) is 12.8 Å². The molecule has 1 aliphatic heterocycles.